The van der Waals surface area contributed by atoms with E-state index in [1.807, 2.05) is 6.20 Å². The van der Waals surface area contributed by atoms with Crippen molar-refractivity contribution in [1.82, 2.24) is 10.6 Å². The molecule has 108 valence electrons. The number of carboxylic acid groups (broad SMARTS) is 1. The predicted molar refractivity (Wildman–Crippen MR) is 73.8 cm³/mol. The number of urea groups is 1. The molecule has 1 rings (SSSR count). The zero-order chi connectivity index (χ0) is 13.9. The molecule has 0 unspecified atom stereocenters. The van der Waals surface area contributed by atoms with Crippen LogP contribution in [0.5, 0.6) is 0 Å². The van der Waals surface area contributed by atoms with Crippen LogP contribution in [-0.4, -0.2) is 23.7 Å². The molecule has 0 spiro atoms. The Morgan fingerprint density at radius 1 is 1.11 bits per heavy atom. The normalized spacial score (nSPS) is 14.8. The van der Waals surface area contributed by atoms with Gasteiger partial charge in [0.1, 0.15) is 0 Å². The van der Waals surface area contributed by atoms with Crippen molar-refractivity contribution in [3.63, 3.8) is 0 Å². The molecule has 0 aromatic carbocycles. The molecule has 0 saturated heterocycles. The van der Waals surface area contributed by atoms with Gasteiger partial charge in [-0.15, -0.1) is 0 Å². The van der Waals surface area contributed by atoms with Crippen LogP contribution < -0.4 is 10.6 Å². The summed E-state index contributed by atoms with van der Waals surface area (Å²) >= 11 is 0. The minimum absolute atomic E-state index is 0.170. The summed E-state index contributed by atoms with van der Waals surface area (Å²) in [5.41, 5.74) is 1.32. The summed E-state index contributed by atoms with van der Waals surface area (Å²) in [4.78, 5) is 21.8. The fraction of sp³-hybridized carbons (Fsp3) is 0.714. The van der Waals surface area contributed by atoms with E-state index in [-0.39, 0.29) is 12.5 Å². The fourth-order valence-corrected chi connectivity index (χ4v) is 2.15. The second kappa shape index (κ2) is 9.42. The molecule has 0 bridgehead atoms. The van der Waals surface area contributed by atoms with Gasteiger partial charge in [-0.2, -0.15) is 0 Å². The first-order valence-electron chi connectivity index (χ1n) is 7.12. The topological polar surface area (TPSA) is 78.4 Å². The maximum absolute atomic E-state index is 11.5. The zero-order valence-electron chi connectivity index (χ0n) is 11.4. The van der Waals surface area contributed by atoms with Crippen LogP contribution in [0.25, 0.3) is 0 Å². The van der Waals surface area contributed by atoms with Gasteiger partial charge in [0.15, 0.2) is 0 Å². The summed E-state index contributed by atoms with van der Waals surface area (Å²) in [6.45, 7) is 0.592. The van der Waals surface area contributed by atoms with Crippen molar-refractivity contribution in [2.24, 2.45) is 0 Å². The van der Waals surface area contributed by atoms with Crippen molar-refractivity contribution in [3.05, 3.63) is 11.8 Å². The Hall–Kier alpha value is -1.52. The van der Waals surface area contributed by atoms with Crippen LogP contribution >= 0.6 is 0 Å². The summed E-state index contributed by atoms with van der Waals surface area (Å²) < 4.78 is 0. The summed E-state index contributed by atoms with van der Waals surface area (Å²) in [5, 5.41) is 14.0. The SMILES string of the molecule is O=C(O)CCCCCNC(=O)NC=C1CCCCC1. The second-order valence-electron chi connectivity index (χ2n) is 4.97. The molecular formula is C14H24N2O3. The molecule has 2 amide bonds. The van der Waals surface area contributed by atoms with Crippen molar-refractivity contribution < 1.29 is 14.7 Å². The molecule has 0 aromatic rings. The number of allylic oxidation sites excluding steroid dienone is 1. The number of carbonyl (C=O) groups is 2. The van der Waals surface area contributed by atoms with Crippen LogP contribution in [0.4, 0.5) is 4.79 Å². The van der Waals surface area contributed by atoms with Crippen molar-refractivity contribution >= 4 is 12.0 Å². The maximum atomic E-state index is 11.5. The van der Waals surface area contributed by atoms with Gasteiger partial charge in [0, 0.05) is 19.2 Å². The molecule has 0 heterocycles. The molecule has 1 fully saturated rings. The number of carboxylic acids is 1. The zero-order valence-corrected chi connectivity index (χ0v) is 11.4. The Kier molecular flexibility index (Phi) is 7.70. The third-order valence-electron chi connectivity index (χ3n) is 3.26. The standard InChI is InChI=1S/C14H24N2O3/c17-13(18)9-5-2-6-10-15-14(19)16-11-12-7-3-1-4-8-12/h11H,1-10H2,(H,17,18)(H2,15,16,19). The van der Waals surface area contributed by atoms with Crippen LogP contribution in [0.3, 0.4) is 0 Å². The number of hydrogen-bond donors (Lipinski definition) is 3. The monoisotopic (exact) mass is 268 g/mol. The molecular weight excluding hydrogens is 244 g/mol. The number of nitrogens with one attached hydrogen (secondary N) is 2. The van der Waals surface area contributed by atoms with E-state index in [0.717, 1.165) is 25.7 Å². The smallest absolute Gasteiger partial charge is 0.318 e. The molecule has 1 saturated carbocycles. The number of carbonyl (C=O) groups excluding carboxylic acids is 1. The van der Waals surface area contributed by atoms with Gasteiger partial charge < -0.3 is 15.7 Å². The number of rotatable bonds is 7. The first kappa shape index (κ1) is 15.5. The number of unbranched alkanes of at least 4 members (excludes halogenated alkanes) is 2. The highest BCUT2D eigenvalue weighted by Gasteiger charge is 2.05. The van der Waals surface area contributed by atoms with Crippen molar-refractivity contribution in [3.8, 4) is 0 Å². The lowest BCUT2D eigenvalue weighted by molar-refractivity contribution is -0.137. The quantitative estimate of drug-likeness (QED) is 0.621. The van der Waals surface area contributed by atoms with Gasteiger partial charge in [-0.25, -0.2) is 4.79 Å². The third-order valence-corrected chi connectivity index (χ3v) is 3.26. The summed E-state index contributed by atoms with van der Waals surface area (Å²) in [6.07, 6.45) is 10.3. The molecule has 1 aliphatic rings. The Bertz CT molecular complexity index is 319. The molecule has 5 nitrogen and oxygen atoms in total. The van der Waals surface area contributed by atoms with E-state index in [2.05, 4.69) is 10.6 Å². The minimum atomic E-state index is -0.759. The summed E-state index contributed by atoms with van der Waals surface area (Å²) in [5.74, 6) is -0.759. The predicted octanol–water partition coefficient (Wildman–Crippen LogP) is 2.78. The first-order valence-corrected chi connectivity index (χ1v) is 7.12. The molecule has 0 radical (unpaired) electrons. The van der Waals surface area contributed by atoms with Gasteiger partial charge in [0.2, 0.25) is 0 Å². The first-order chi connectivity index (χ1) is 9.18. The largest absolute Gasteiger partial charge is 0.481 e. The Morgan fingerprint density at radius 3 is 2.53 bits per heavy atom. The van der Waals surface area contributed by atoms with E-state index in [9.17, 15) is 9.59 Å². The average Bonchev–Trinajstić information content (AvgIpc) is 2.41. The Morgan fingerprint density at radius 2 is 1.84 bits per heavy atom. The molecule has 0 aliphatic heterocycles. The Balaban J connectivity index is 2.00. The fourth-order valence-electron chi connectivity index (χ4n) is 2.15. The highest BCUT2D eigenvalue weighted by molar-refractivity contribution is 5.74. The minimum Gasteiger partial charge on any atom is -0.481 e. The molecule has 5 heteroatoms. The summed E-state index contributed by atoms with van der Waals surface area (Å²) in [6, 6.07) is -0.170. The van der Waals surface area contributed by atoms with Crippen LogP contribution in [0.15, 0.2) is 11.8 Å². The van der Waals surface area contributed by atoms with E-state index >= 15 is 0 Å². The van der Waals surface area contributed by atoms with Crippen molar-refractivity contribution in [2.75, 3.05) is 6.54 Å². The van der Waals surface area contributed by atoms with Gasteiger partial charge in [-0.1, -0.05) is 18.4 Å². The van der Waals surface area contributed by atoms with E-state index in [4.69, 9.17) is 5.11 Å². The molecule has 0 aromatic heterocycles. The van der Waals surface area contributed by atoms with E-state index in [0.29, 0.717) is 13.0 Å². The molecule has 0 atom stereocenters. The van der Waals surface area contributed by atoms with Crippen LogP contribution in [0.2, 0.25) is 0 Å². The molecule has 19 heavy (non-hydrogen) atoms. The third kappa shape index (κ3) is 8.24. The highest BCUT2D eigenvalue weighted by Crippen LogP contribution is 2.21. The van der Waals surface area contributed by atoms with Gasteiger partial charge in [0.25, 0.3) is 0 Å². The maximum Gasteiger partial charge on any atom is 0.318 e. The summed E-state index contributed by atoms with van der Waals surface area (Å²) in [7, 11) is 0. The van der Waals surface area contributed by atoms with Gasteiger partial charge in [-0.05, 0) is 38.5 Å². The molecule has 3 N–H and O–H groups in total. The lowest BCUT2D eigenvalue weighted by atomic mass is 9.96. The second-order valence-corrected chi connectivity index (χ2v) is 4.97. The lowest BCUT2D eigenvalue weighted by Crippen LogP contribution is -2.33. The average molecular weight is 268 g/mol. The lowest BCUT2D eigenvalue weighted by Gasteiger charge is -2.13. The van der Waals surface area contributed by atoms with Crippen LogP contribution in [-0.2, 0) is 4.79 Å². The van der Waals surface area contributed by atoms with Gasteiger partial charge >= 0.3 is 12.0 Å². The van der Waals surface area contributed by atoms with Crippen molar-refractivity contribution in [2.45, 2.75) is 57.8 Å². The van der Waals surface area contributed by atoms with Crippen LogP contribution in [0, 0.1) is 0 Å². The number of hydrogen-bond acceptors (Lipinski definition) is 2. The molecule has 1 aliphatic carbocycles. The van der Waals surface area contributed by atoms with Crippen molar-refractivity contribution in [1.29, 1.82) is 0 Å². The van der Waals surface area contributed by atoms with Gasteiger partial charge in [0.05, 0.1) is 0 Å². The number of amides is 2. The van der Waals surface area contributed by atoms with E-state index < -0.39 is 5.97 Å². The number of aliphatic carboxylic acids is 1. The van der Waals surface area contributed by atoms with Crippen LogP contribution in [0.1, 0.15) is 57.8 Å². The van der Waals surface area contributed by atoms with E-state index in [1.165, 1.54) is 24.8 Å². The van der Waals surface area contributed by atoms with Gasteiger partial charge in [-0.3, -0.25) is 4.79 Å². The highest BCUT2D eigenvalue weighted by atomic mass is 16.4. The Labute approximate surface area is 114 Å². The van der Waals surface area contributed by atoms with E-state index in [1.54, 1.807) is 0 Å².